The first-order valence-electron chi connectivity index (χ1n) is 6.47. The van der Waals surface area contributed by atoms with E-state index < -0.39 is 11.9 Å². The smallest absolute Gasteiger partial charge is 0.345 e. The molecule has 0 amide bonds. The second-order valence-corrected chi connectivity index (χ2v) is 4.93. The van der Waals surface area contributed by atoms with Gasteiger partial charge in [0, 0.05) is 0 Å². The van der Waals surface area contributed by atoms with Gasteiger partial charge in [0.05, 0.1) is 6.61 Å². The Labute approximate surface area is 109 Å². The quantitative estimate of drug-likeness (QED) is 0.250. The number of hydrogen-bond donors (Lipinski definition) is 1. The van der Waals surface area contributed by atoms with Gasteiger partial charge in [-0.1, -0.05) is 41.0 Å². The van der Waals surface area contributed by atoms with E-state index in [9.17, 15) is 14.7 Å². The predicted molar refractivity (Wildman–Crippen MR) is 70.2 cm³/mol. The van der Waals surface area contributed by atoms with E-state index in [2.05, 4.69) is 0 Å². The Balaban J connectivity index is 5.20. The SMILES string of the molecule is CCCCOC(=O)C(C(=O)O)=C(C(C)C)C(C)C. The molecule has 0 saturated carbocycles. The van der Waals surface area contributed by atoms with Gasteiger partial charge in [0.2, 0.25) is 0 Å². The summed E-state index contributed by atoms with van der Waals surface area (Å²) in [5, 5.41) is 9.21. The molecule has 4 heteroatoms. The lowest BCUT2D eigenvalue weighted by atomic mass is 9.88. The molecule has 0 rings (SSSR count). The van der Waals surface area contributed by atoms with Crippen molar-refractivity contribution in [2.75, 3.05) is 6.61 Å². The molecule has 0 aromatic carbocycles. The van der Waals surface area contributed by atoms with E-state index in [1.165, 1.54) is 0 Å². The lowest BCUT2D eigenvalue weighted by Crippen LogP contribution is -2.22. The van der Waals surface area contributed by atoms with Crippen LogP contribution in [0.1, 0.15) is 47.5 Å². The molecule has 0 radical (unpaired) electrons. The first kappa shape index (κ1) is 16.7. The number of unbranched alkanes of at least 4 members (excludes halogenated alkanes) is 1. The molecule has 0 aromatic heterocycles. The monoisotopic (exact) mass is 256 g/mol. The molecule has 104 valence electrons. The third-order valence-electron chi connectivity index (χ3n) is 2.68. The summed E-state index contributed by atoms with van der Waals surface area (Å²) in [5.74, 6) is -1.90. The summed E-state index contributed by atoms with van der Waals surface area (Å²) in [6.45, 7) is 9.80. The summed E-state index contributed by atoms with van der Waals surface area (Å²) < 4.78 is 5.01. The fraction of sp³-hybridized carbons (Fsp3) is 0.714. The van der Waals surface area contributed by atoms with Gasteiger partial charge in [-0.15, -0.1) is 0 Å². The summed E-state index contributed by atoms with van der Waals surface area (Å²) in [7, 11) is 0. The van der Waals surface area contributed by atoms with Gasteiger partial charge in [-0.2, -0.15) is 0 Å². The van der Waals surface area contributed by atoms with Crippen LogP contribution in [0, 0.1) is 11.8 Å². The minimum atomic E-state index is -1.20. The van der Waals surface area contributed by atoms with E-state index in [1.54, 1.807) is 0 Å². The standard InChI is InChI=1S/C14H24O4/c1-6-7-8-18-14(17)12(13(15)16)11(9(2)3)10(4)5/h9-10H,6-8H2,1-5H3,(H,15,16). The maximum absolute atomic E-state index is 11.8. The zero-order valence-corrected chi connectivity index (χ0v) is 11.9. The molecule has 0 spiro atoms. The Morgan fingerprint density at radius 3 is 1.94 bits per heavy atom. The van der Waals surface area contributed by atoms with Crippen molar-refractivity contribution in [2.24, 2.45) is 11.8 Å². The molecule has 0 aliphatic carbocycles. The number of rotatable bonds is 7. The van der Waals surface area contributed by atoms with Gasteiger partial charge in [-0.25, -0.2) is 9.59 Å². The summed E-state index contributed by atoms with van der Waals surface area (Å²) in [6, 6.07) is 0. The van der Waals surface area contributed by atoms with Crippen molar-refractivity contribution >= 4 is 11.9 Å². The number of carbonyl (C=O) groups excluding carboxylic acids is 1. The van der Waals surface area contributed by atoms with E-state index in [0.717, 1.165) is 12.8 Å². The van der Waals surface area contributed by atoms with E-state index in [0.29, 0.717) is 5.57 Å². The molecule has 4 nitrogen and oxygen atoms in total. The van der Waals surface area contributed by atoms with Crippen molar-refractivity contribution in [3.8, 4) is 0 Å². The van der Waals surface area contributed by atoms with Crippen LogP contribution in [0.25, 0.3) is 0 Å². The van der Waals surface area contributed by atoms with Gasteiger partial charge in [0.25, 0.3) is 0 Å². The van der Waals surface area contributed by atoms with Crippen LogP contribution in [-0.4, -0.2) is 23.7 Å². The first-order valence-corrected chi connectivity index (χ1v) is 6.47. The van der Waals surface area contributed by atoms with E-state index in [1.807, 2.05) is 34.6 Å². The van der Waals surface area contributed by atoms with Gasteiger partial charge >= 0.3 is 11.9 Å². The van der Waals surface area contributed by atoms with Crippen molar-refractivity contribution in [3.05, 3.63) is 11.1 Å². The van der Waals surface area contributed by atoms with Gasteiger partial charge < -0.3 is 9.84 Å². The Morgan fingerprint density at radius 2 is 1.61 bits per heavy atom. The van der Waals surface area contributed by atoms with Crippen LogP contribution in [0.3, 0.4) is 0 Å². The molecule has 0 atom stereocenters. The number of carbonyl (C=O) groups is 2. The van der Waals surface area contributed by atoms with Gasteiger partial charge in [0.15, 0.2) is 0 Å². The van der Waals surface area contributed by atoms with Crippen LogP contribution in [0.2, 0.25) is 0 Å². The molecule has 0 aliphatic heterocycles. The molecule has 0 fully saturated rings. The Hall–Kier alpha value is -1.32. The van der Waals surface area contributed by atoms with Crippen LogP contribution >= 0.6 is 0 Å². The van der Waals surface area contributed by atoms with Crippen molar-refractivity contribution in [3.63, 3.8) is 0 Å². The number of allylic oxidation sites excluding steroid dienone is 1. The van der Waals surface area contributed by atoms with Gasteiger partial charge in [0.1, 0.15) is 5.57 Å². The van der Waals surface area contributed by atoms with Crippen molar-refractivity contribution in [1.29, 1.82) is 0 Å². The maximum Gasteiger partial charge on any atom is 0.345 e. The average molecular weight is 256 g/mol. The van der Waals surface area contributed by atoms with Crippen molar-refractivity contribution < 1.29 is 19.4 Å². The fourth-order valence-corrected chi connectivity index (χ4v) is 1.95. The maximum atomic E-state index is 11.8. The molecular weight excluding hydrogens is 232 g/mol. The lowest BCUT2D eigenvalue weighted by Gasteiger charge is -2.18. The minimum absolute atomic E-state index is 0.00910. The van der Waals surface area contributed by atoms with E-state index in [4.69, 9.17) is 4.74 Å². The average Bonchev–Trinajstić information content (AvgIpc) is 2.24. The van der Waals surface area contributed by atoms with Crippen LogP contribution in [-0.2, 0) is 14.3 Å². The second-order valence-electron chi connectivity index (χ2n) is 4.93. The Kier molecular flexibility index (Phi) is 7.32. The minimum Gasteiger partial charge on any atom is -0.477 e. The Morgan fingerprint density at radius 1 is 1.11 bits per heavy atom. The highest BCUT2D eigenvalue weighted by atomic mass is 16.5. The highest BCUT2D eigenvalue weighted by Crippen LogP contribution is 2.24. The van der Waals surface area contributed by atoms with E-state index in [-0.39, 0.29) is 24.0 Å². The van der Waals surface area contributed by atoms with E-state index >= 15 is 0 Å². The number of esters is 1. The molecule has 0 saturated heterocycles. The third kappa shape index (κ3) is 4.90. The van der Waals surface area contributed by atoms with Crippen LogP contribution < -0.4 is 0 Å². The lowest BCUT2D eigenvalue weighted by molar-refractivity contribution is -0.144. The molecular formula is C14H24O4. The zero-order valence-electron chi connectivity index (χ0n) is 11.9. The van der Waals surface area contributed by atoms with Gasteiger partial charge in [-0.05, 0) is 23.8 Å². The molecule has 18 heavy (non-hydrogen) atoms. The molecule has 0 aliphatic rings. The fourth-order valence-electron chi connectivity index (χ4n) is 1.95. The number of carboxylic acids is 1. The van der Waals surface area contributed by atoms with Crippen molar-refractivity contribution in [2.45, 2.75) is 47.5 Å². The van der Waals surface area contributed by atoms with Gasteiger partial charge in [-0.3, -0.25) is 0 Å². The topological polar surface area (TPSA) is 63.6 Å². The third-order valence-corrected chi connectivity index (χ3v) is 2.68. The molecule has 0 unspecified atom stereocenters. The number of aliphatic carboxylic acids is 1. The normalized spacial score (nSPS) is 10.6. The highest BCUT2D eigenvalue weighted by Gasteiger charge is 2.27. The second kappa shape index (κ2) is 7.90. The summed E-state index contributed by atoms with van der Waals surface area (Å²) >= 11 is 0. The zero-order chi connectivity index (χ0) is 14.3. The largest absolute Gasteiger partial charge is 0.477 e. The number of ether oxygens (including phenoxy) is 1. The highest BCUT2D eigenvalue weighted by molar-refractivity contribution is 6.14. The molecule has 1 N–H and O–H groups in total. The number of carboxylic acid groups (broad SMARTS) is 1. The molecule has 0 heterocycles. The molecule has 0 aromatic rings. The summed E-state index contributed by atoms with van der Waals surface area (Å²) in [5.41, 5.74) is 0.445. The summed E-state index contributed by atoms with van der Waals surface area (Å²) in [6.07, 6.45) is 1.65. The summed E-state index contributed by atoms with van der Waals surface area (Å²) in [4.78, 5) is 23.1. The van der Waals surface area contributed by atoms with Crippen LogP contribution in [0.5, 0.6) is 0 Å². The van der Waals surface area contributed by atoms with Crippen LogP contribution in [0.4, 0.5) is 0 Å². The van der Waals surface area contributed by atoms with Crippen molar-refractivity contribution in [1.82, 2.24) is 0 Å². The number of hydrogen-bond acceptors (Lipinski definition) is 3. The first-order chi connectivity index (χ1) is 8.32. The van der Waals surface area contributed by atoms with Crippen LogP contribution in [0.15, 0.2) is 11.1 Å². The molecule has 0 bridgehead atoms. The predicted octanol–water partition coefficient (Wildman–Crippen LogP) is 3.02. The Bertz CT molecular complexity index is 317.